The van der Waals surface area contributed by atoms with Crippen molar-refractivity contribution in [1.29, 1.82) is 0 Å². The van der Waals surface area contributed by atoms with Crippen LogP contribution >= 0.6 is 0 Å². The number of ether oxygens (including phenoxy) is 2. The number of carbonyl (C=O) groups is 2. The van der Waals surface area contributed by atoms with Gasteiger partial charge in [0, 0.05) is 17.6 Å². The number of aliphatic hydroxyl groups is 1. The van der Waals surface area contributed by atoms with Crippen molar-refractivity contribution >= 4 is 11.9 Å². The van der Waals surface area contributed by atoms with Gasteiger partial charge in [0.1, 0.15) is 6.61 Å². The Morgan fingerprint density at radius 2 is 0.955 bits per heavy atom. The monoisotopic (exact) mass is 686 g/mol. The summed E-state index contributed by atoms with van der Waals surface area (Å²) in [7, 11) is 0. The van der Waals surface area contributed by atoms with Gasteiger partial charge in [-0.15, -0.1) is 0 Å². The van der Waals surface area contributed by atoms with Crippen LogP contribution in [-0.4, -0.2) is 83.7 Å². The predicted molar refractivity (Wildman–Crippen MR) is 118 cm³/mol. The van der Waals surface area contributed by atoms with Crippen LogP contribution in [0.25, 0.3) is 0 Å². The van der Waals surface area contributed by atoms with Crippen molar-refractivity contribution < 1.29 is 94.4 Å². The molecule has 3 unspecified atom stereocenters. The van der Waals surface area contributed by atoms with Crippen molar-refractivity contribution in [2.24, 2.45) is 0 Å². The molecule has 0 aliphatic rings. The smallest absolute Gasteiger partial charge is 0.428 e. The van der Waals surface area contributed by atoms with Gasteiger partial charge in [-0.25, -0.2) is 18.4 Å². The molecule has 44 heavy (non-hydrogen) atoms. The minimum absolute atomic E-state index is 0.192. The lowest BCUT2D eigenvalue weighted by atomic mass is 9.90. The number of hydrogen-bond donors (Lipinski definition) is 1. The van der Waals surface area contributed by atoms with E-state index in [1.54, 1.807) is 0 Å². The van der Waals surface area contributed by atoms with Crippen LogP contribution in [0.4, 0.5) is 70.2 Å². The zero-order valence-electron chi connectivity index (χ0n) is 22.9. The van der Waals surface area contributed by atoms with Gasteiger partial charge in [-0.05, 0) is 27.7 Å². The quantitative estimate of drug-likeness (QED) is 0.124. The van der Waals surface area contributed by atoms with E-state index in [0.29, 0.717) is 0 Å². The van der Waals surface area contributed by atoms with Crippen LogP contribution in [-0.2, 0) is 19.1 Å². The Bertz CT molecular complexity index is 1030. The van der Waals surface area contributed by atoms with Gasteiger partial charge in [0.25, 0.3) is 11.3 Å². The molecule has 260 valence electrons. The van der Waals surface area contributed by atoms with E-state index in [0.717, 1.165) is 13.8 Å². The Morgan fingerprint density at radius 3 is 1.27 bits per heavy atom. The fourth-order valence-corrected chi connectivity index (χ4v) is 2.37. The molecule has 1 N–H and O–H groups in total. The molecular weight excluding hydrogens is 660 g/mol. The van der Waals surface area contributed by atoms with E-state index in [2.05, 4.69) is 22.6 Å². The second-order valence-electron chi connectivity index (χ2n) is 9.46. The van der Waals surface area contributed by atoms with Crippen LogP contribution in [0.15, 0.2) is 24.3 Å². The normalized spacial score (nSPS) is 16.8. The average Bonchev–Trinajstić information content (AvgIpc) is 2.80. The zero-order chi connectivity index (χ0) is 36.1. The zero-order valence-corrected chi connectivity index (χ0v) is 22.9. The van der Waals surface area contributed by atoms with E-state index in [-0.39, 0.29) is 11.1 Å². The molecule has 5 nitrogen and oxygen atoms in total. The predicted octanol–water partition coefficient (Wildman–Crippen LogP) is 7.47. The molecule has 0 aromatic carbocycles. The second kappa shape index (κ2) is 14.1. The number of rotatable bonds is 13. The molecule has 0 spiro atoms. The Balaban J connectivity index is 0. The van der Waals surface area contributed by atoms with E-state index in [1.165, 1.54) is 0 Å². The Hall–Kier alpha value is -2.74. The van der Waals surface area contributed by atoms with Gasteiger partial charge in [0.2, 0.25) is 0 Å². The molecule has 0 heterocycles. The van der Waals surface area contributed by atoms with Gasteiger partial charge in [-0.1, -0.05) is 13.2 Å². The van der Waals surface area contributed by atoms with Crippen LogP contribution in [0.5, 0.6) is 0 Å². The van der Waals surface area contributed by atoms with Crippen molar-refractivity contribution in [1.82, 2.24) is 0 Å². The summed E-state index contributed by atoms with van der Waals surface area (Å²) in [6.07, 6.45) is -19.1. The SMILES string of the molecule is C=C(C)C(=O)OCC(O)CC(F)(F)C(F)(F)C(C)(F)C(F)(F)F.C=C(C)C(=O)OCCC(F)(F)C(F)(F)C(C)(F)C(F)(F)F. The van der Waals surface area contributed by atoms with E-state index in [4.69, 9.17) is 5.11 Å². The number of halogens is 16. The Morgan fingerprint density at radius 1 is 0.636 bits per heavy atom. The van der Waals surface area contributed by atoms with E-state index in [1.807, 2.05) is 0 Å². The molecule has 0 saturated carbocycles. The topological polar surface area (TPSA) is 72.8 Å². The third kappa shape index (κ3) is 9.88. The first kappa shape index (κ1) is 43.4. The van der Waals surface area contributed by atoms with Gasteiger partial charge in [-0.3, -0.25) is 0 Å². The molecule has 0 aromatic rings. The summed E-state index contributed by atoms with van der Waals surface area (Å²) in [4.78, 5) is 21.7. The van der Waals surface area contributed by atoms with Crippen molar-refractivity contribution in [3.05, 3.63) is 24.3 Å². The number of aliphatic hydroxyl groups excluding tert-OH is 1. The molecule has 0 fully saturated rings. The summed E-state index contributed by atoms with van der Waals surface area (Å²) < 4.78 is 214. The fourth-order valence-electron chi connectivity index (χ4n) is 2.37. The van der Waals surface area contributed by atoms with Crippen molar-refractivity contribution in [2.45, 2.75) is 94.0 Å². The average molecular weight is 686 g/mol. The van der Waals surface area contributed by atoms with Crippen LogP contribution < -0.4 is 0 Å². The van der Waals surface area contributed by atoms with E-state index >= 15 is 0 Å². The molecule has 0 saturated heterocycles. The summed E-state index contributed by atoms with van der Waals surface area (Å²) in [5.41, 5.74) is -11.4. The van der Waals surface area contributed by atoms with Gasteiger partial charge in [0.05, 0.1) is 19.1 Å². The van der Waals surface area contributed by atoms with Gasteiger partial charge >= 0.3 is 48.0 Å². The molecule has 0 amide bonds. The summed E-state index contributed by atoms with van der Waals surface area (Å²) in [6.45, 7) is 4.55. The minimum Gasteiger partial charge on any atom is -0.462 e. The maximum Gasteiger partial charge on any atom is 0.428 e. The van der Waals surface area contributed by atoms with Gasteiger partial charge in [-0.2, -0.15) is 61.5 Å². The van der Waals surface area contributed by atoms with Crippen molar-refractivity contribution in [3.63, 3.8) is 0 Å². The highest BCUT2D eigenvalue weighted by atomic mass is 19.4. The van der Waals surface area contributed by atoms with Crippen molar-refractivity contribution in [3.8, 4) is 0 Å². The highest BCUT2D eigenvalue weighted by molar-refractivity contribution is 5.87. The molecule has 21 heteroatoms. The lowest BCUT2D eigenvalue weighted by Gasteiger charge is -2.37. The second-order valence-corrected chi connectivity index (χ2v) is 9.46. The summed E-state index contributed by atoms with van der Waals surface area (Å²) in [5.74, 6) is -25.4. The molecule has 0 radical (unpaired) electrons. The molecular formula is C23H26F16O5. The molecule has 0 aliphatic carbocycles. The first-order valence-corrected chi connectivity index (χ1v) is 11.4. The molecule has 0 aromatic heterocycles. The molecule has 0 bridgehead atoms. The highest BCUT2D eigenvalue weighted by Crippen LogP contribution is 2.54. The Labute approximate surface area is 238 Å². The molecule has 3 atom stereocenters. The first-order chi connectivity index (χ1) is 19.0. The van der Waals surface area contributed by atoms with Crippen LogP contribution in [0.3, 0.4) is 0 Å². The van der Waals surface area contributed by atoms with Crippen LogP contribution in [0, 0.1) is 0 Å². The lowest BCUT2D eigenvalue weighted by Crippen LogP contribution is -2.62. The molecule has 0 rings (SSSR count). The third-order valence-corrected chi connectivity index (χ3v) is 5.41. The van der Waals surface area contributed by atoms with Crippen LogP contribution in [0.1, 0.15) is 40.5 Å². The Kier molecular flexibility index (Phi) is 13.9. The standard InChI is InChI=1S/C12H14F8O3.C11H12F8O2/c1-6(2)8(22)23-5-7(21)4-10(14,15)11(16,17)9(3,13)12(18,19)20;1-6(2)7(20)21-5-4-9(13,14)10(15,16)8(3,12)11(17,18)19/h7,21H,1,4-5H2,2-3H3;1,4-5H2,2-3H3. The van der Waals surface area contributed by atoms with E-state index < -0.39 is 105 Å². The summed E-state index contributed by atoms with van der Waals surface area (Å²) in [6, 6.07) is 0. The maximum atomic E-state index is 13.4. The third-order valence-electron chi connectivity index (χ3n) is 5.41. The number of carbonyl (C=O) groups excluding carboxylic acids is 2. The van der Waals surface area contributed by atoms with Crippen molar-refractivity contribution in [2.75, 3.05) is 13.2 Å². The largest absolute Gasteiger partial charge is 0.462 e. The lowest BCUT2D eigenvalue weighted by molar-refractivity contribution is -0.351. The molecule has 0 aliphatic heterocycles. The number of esters is 2. The number of hydrogen-bond acceptors (Lipinski definition) is 5. The highest BCUT2D eigenvalue weighted by Gasteiger charge is 2.78. The van der Waals surface area contributed by atoms with Gasteiger partial charge in [0.15, 0.2) is 0 Å². The fraction of sp³-hybridized carbons (Fsp3) is 0.739. The van der Waals surface area contributed by atoms with E-state index in [9.17, 15) is 79.8 Å². The minimum atomic E-state index is -6.27. The number of alkyl halides is 16. The maximum absolute atomic E-state index is 13.4. The summed E-state index contributed by atoms with van der Waals surface area (Å²) >= 11 is 0. The van der Waals surface area contributed by atoms with Crippen LogP contribution in [0.2, 0.25) is 0 Å². The first-order valence-electron chi connectivity index (χ1n) is 11.4. The summed E-state index contributed by atoms with van der Waals surface area (Å²) in [5, 5.41) is 9.12. The van der Waals surface area contributed by atoms with Gasteiger partial charge < -0.3 is 14.6 Å².